The van der Waals surface area contributed by atoms with Crippen LogP contribution in [0.5, 0.6) is 5.75 Å². The summed E-state index contributed by atoms with van der Waals surface area (Å²) in [5.74, 6) is 0.639. The molecule has 2 rings (SSSR count). The van der Waals surface area contributed by atoms with Gasteiger partial charge in [-0.25, -0.2) is 0 Å². The van der Waals surface area contributed by atoms with Gasteiger partial charge >= 0.3 is 0 Å². The van der Waals surface area contributed by atoms with E-state index in [0.717, 1.165) is 16.8 Å². The number of aryl methyl sites for hydroxylation is 2. The number of benzene rings is 1. The third kappa shape index (κ3) is 2.05. The molecule has 0 atom stereocenters. The van der Waals surface area contributed by atoms with Gasteiger partial charge in [-0.15, -0.1) is 0 Å². The molecule has 18 heavy (non-hydrogen) atoms. The van der Waals surface area contributed by atoms with Crippen LogP contribution in [0.25, 0.3) is 11.3 Å². The van der Waals surface area contributed by atoms with E-state index in [1.165, 1.54) is 0 Å². The van der Waals surface area contributed by atoms with Crippen molar-refractivity contribution in [3.8, 4) is 23.1 Å². The highest BCUT2D eigenvalue weighted by Gasteiger charge is 2.12. The van der Waals surface area contributed by atoms with Gasteiger partial charge in [0.15, 0.2) is 5.69 Å². The monoisotopic (exact) mass is 261 g/mol. The first-order valence-electron chi connectivity index (χ1n) is 5.35. The van der Waals surface area contributed by atoms with Crippen LogP contribution in [-0.4, -0.2) is 16.9 Å². The number of hydrogen-bond acceptors (Lipinski definition) is 3. The Morgan fingerprint density at radius 2 is 2.11 bits per heavy atom. The van der Waals surface area contributed by atoms with Gasteiger partial charge in [0, 0.05) is 18.7 Å². The third-order valence-electron chi connectivity index (χ3n) is 2.77. The van der Waals surface area contributed by atoms with E-state index in [1.54, 1.807) is 24.9 Å². The number of nitrogens with zero attached hydrogens (tertiary/aromatic N) is 3. The SMILES string of the molecule is COc1cc(C)c(-c2cc(C#N)nn2C)cc1Cl. The molecule has 4 nitrogen and oxygen atoms in total. The minimum atomic E-state index is 0.388. The van der Waals surface area contributed by atoms with Crippen LogP contribution in [0.4, 0.5) is 0 Å². The largest absolute Gasteiger partial charge is 0.495 e. The van der Waals surface area contributed by atoms with Crippen molar-refractivity contribution < 1.29 is 4.74 Å². The van der Waals surface area contributed by atoms with Crippen molar-refractivity contribution in [3.63, 3.8) is 0 Å². The number of rotatable bonds is 2. The van der Waals surface area contributed by atoms with E-state index in [4.69, 9.17) is 21.6 Å². The predicted octanol–water partition coefficient (Wildman–Crippen LogP) is 2.93. The van der Waals surface area contributed by atoms with Crippen molar-refractivity contribution >= 4 is 11.6 Å². The van der Waals surface area contributed by atoms with Gasteiger partial charge < -0.3 is 4.74 Å². The van der Waals surface area contributed by atoms with Gasteiger partial charge in [0.25, 0.3) is 0 Å². The second-order valence-electron chi connectivity index (χ2n) is 3.95. The van der Waals surface area contributed by atoms with Crippen molar-refractivity contribution in [2.45, 2.75) is 6.92 Å². The molecular formula is C13H12ClN3O. The molecule has 1 heterocycles. The molecule has 0 fully saturated rings. The summed E-state index contributed by atoms with van der Waals surface area (Å²) in [6.45, 7) is 1.97. The van der Waals surface area contributed by atoms with E-state index in [0.29, 0.717) is 16.5 Å². The molecule has 0 radical (unpaired) electrons. The van der Waals surface area contributed by atoms with Crippen LogP contribution in [0, 0.1) is 18.3 Å². The Kier molecular flexibility index (Phi) is 3.26. The maximum absolute atomic E-state index is 8.86. The van der Waals surface area contributed by atoms with Gasteiger partial charge in [-0.2, -0.15) is 10.4 Å². The number of methoxy groups -OCH3 is 1. The highest BCUT2D eigenvalue weighted by molar-refractivity contribution is 6.32. The zero-order valence-electron chi connectivity index (χ0n) is 10.4. The zero-order valence-corrected chi connectivity index (χ0v) is 11.1. The summed E-state index contributed by atoms with van der Waals surface area (Å²) < 4.78 is 6.84. The Balaban J connectivity index is 2.61. The fraction of sp³-hybridized carbons (Fsp3) is 0.231. The van der Waals surface area contributed by atoms with Crippen LogP contribution in [-0.2, 0) is 7.05 Å². The molecule has 0 aliphatic carbocycles. The first-order chi connectivity index (χ1) is 8.56. The standard InChI is InChI=1S/C13H12ClN3O/c1-8-4-13(18-3)11(14)6-10(8)12-5-9(7-15)16-17(12)2/h4-6H,1-3H3. The predicted molar refractivity (Wildman–Crippen MR) is 69.7 cm³/mol. The minimum Gasteiger partial charge on any atom is -0.495 e. The quantitative estimate of drug-likeness (QED) is 0.835. The Labute approximate surface area is 110 Å². The van der Waals surface area contributed by atoms with Gasteiger partial charge in [-0.3, -0.25) is 4.68 Å². The van der Waals surface area contributed by atoms with E-state index in [9.17, 15) is 0 Å². The van der Waals surface area contributed by atoms with Gasteiger partial charge in [0.1, 0.15) is 11.8 Å². The zero-order chi connectivity index (χ0) is 13.3. The lowest BCUT2D eigenvalue weighted by atomic mass is 10.0. The number of ether oxygens (including phenoxy) is 1. The number of nitriles is 1. The molecule has 0 saturated carbocycles. The molecule has 5 heteroatoms. The normalized spacial score (nSPS) is 10.2. The maximum Gasteiger partial charge on any atom is 0.163 e. The maximum atomic E-state index is 8.86. The Bertz CT molecular complexity index is 640. The fourth-order valence-corrected chi connectivity index (χ4v) is 2.10. The number of halogens is 1. The molecule has 0 saturated heterocycles. The summed E-state index contributed by atoms with van der Waals surface area (Å²) in [7, 11) is 3.38. The van der Waals surface area contributed by atoms with Crippen molar-refractivity contribution in [1.29, 1.82) is 5.26 Å². The fourth-order valence-electron chi connectivity index (χ4n) is 1.86. The second kappa shape index (κ2) is 4.71. The molecule has 1 aromatic carbocycles. The summed E-state index contributed by atoms with van der Waals surface area (Å²) in [5.41, 5.74) is 3.20. The van der Waals surface area contributed by atoms with Crippen LogP contribution < -0.4 is 4.74 Å². The summed E-state index contributed by atoms with van der Waals surface area (Å²) in [6.07, 6.45) is 0. The smallest absolute Gasteiger partial charge is 0.163 e. The lowest BCUT2D eigenvalue weighted by Gasteiger charge is -2.10. The van der Waals surface area contributed by atoms with Gasteiger partial charge in [-0.05, 0) is 24.6 Å². The molecule has 0 aliphatic rings. The van der Waals surface area contributed by atoms with E-state index in [1.807, 2.05) is 25.1 Å². The topological polar surface area (TPSA) is 50.8 Å². The molecule has 0 amide bonds. The highest BCUT2D eigenvalue weighted by Crippen LogP contribution is 2.33. The van der Waals surface area contributed by atoms with Crippen molar-refractivity contribution in [2.75, 3.05) is 7.11 Å². The molecule has 1 aromatic heterocycles. The van der Waals surface area contributed by atoms with Gasteiger partial charge in [-0.1, -0.05) is 11.6 Å². The van der Waals surface area contributed by atoms with Crippen LogP contribution >= 0.6 is 11.6 Å². The number of hydrogen-bond donors (Lipinski definition) is 0. The van der Waals surface area contributed by atoms with E-state index < -0.39 is 0 Å². The average Bonchev–Trinajstić information content (AvgIpc) is 2.73. The first kappa shape index (κ1) is 12.5. The molecule has 0 N–H and O–H groups in total. The van der Waals surface area contributed by atoms with Crippen LogP contribution in [0.3, 0.4) is 0 Å². The lowest BCUT2D eigenvalue weighted by molar-refractivity contribution is 0.415. The van der Waals surface area contributed by atoms with E-state index in [2.05, 4.69) is 5.10 Å². The molecule has 0 spiro atoms. The molecule has 0 bridgehead atoms. The van der Waals surface area contributed by atoms with Crippen LogP contribution in [0.1, 0.15) is 11.3 Å². The Hall–Kier alpha value is -1.99. The molecule has 0 unspecified atom stereocenters. The van der Waals surface area contributed by atoms with Gasteiger partial charge in [0.05, 0.1) is 17.8 Å². The number of aromatic nitrogens is 2. The molecule has 0 aliphatic heterocycles. The van der Waals surface area contributed by atoms with Crippen molar-refractivity contribution in [1.82, 2.24) is 9.78 Å². The molecule has 92 valence electrons. The van der Waals surface area contributed by atoms with Crippen LogP contribution in [0.15, 0.2) is 18.2 Å². The summed E-state index contributed by atoms with van der Waals surface area (Å²) >= 11 is 6.12. The molecular weight excluding hydrogens is 250 g/mol. The Morgan fingerprint density at radius 3 is 2.67 bits per heavy atom. The highest BCUT2D eigenvalue weighted by atomic mass is 35.5. The minimum absolute atomic E-state index is 0.388. The third-order valence-corrected chi connectivity index (χ3v) is 3.06. The average molecular weight is 262 g/mol. The lowest BCUT2D eigenvalue weighted by Crippen LogP contribution is -1.96. The van der Waals surface area contributed by atoms with Crippen molar-refractivity contribution in [2.24, 2.45) is 7.05 Å². The molecule has 2 aromatic rings. The summed E-state index contributed by atoms with van der Waals surface area (Å²) in [5, 5.41) is 13.5. The Morgan fingerprint density at radius 1 is 1.39 bits per heavy atom. The van der Waals surface area contributed by atoms with Crippen molar-refractivity contribution in [3.05, 3.63) is 34.5 Å². The second-order valence-corrected chi connectivity index (χ2v) is 4.36. The summed E-state index contributed by atoms with van der Waals surface area (Å²) in [4.78, 5) is 0. The summed E-state index contributed by atoms with van der Waals surface area (Å²) in [6, 6.07) is 7.47. The van der Waals surface area contributed by atoms with E-state index >= 15 is 0 Å². The first-order valence-corrected chi connectivity index (χ1v) is 5.73. The van der Waals surface area contributed by atoms with Gasteiger partial charge in [0.2, 0.25) is 0 Å². The van der Waals surface area contributed by atoms with E-state index in [-0.39, 0.29) is 0 Å². The van der Waals surface area contributed by atoms with Crippen LogP contribution in [0.2, 0.25) is 5.02 Å².